The molecule has 0 aliphatic carbocycles. The zero-order chi connectivity index (χ0) is 15.0. The molecule has 108 valence electrons. The van der Waals surface area contributed by atoms with Crippen molar-refractivity contribution in [2.24, 2.45) is 0 Å². The predicted molar refractivity (Wildman–Crippen MR) is 72.9 cm³/mol. The first kappa shape index (κ1) is 14.5. The Bertz CT molecular complexity index is 704. The summed E-state index contributed by atoms with van der Waals surface area (Å²) in [6.07, 6.45) is 3.16. The molecule has 2 aromatic rings. The normalized spacial score (nSPS) is 12.4. The van der Waals surface area contributed by atoms with E-state index >= 15 is 0 Å². The molecule has 0 N–H and O–H groups in total. The molecule has 0 fully saturated rings. The van der Waals surface area contributed by atoms with E-state index in [1.807, 2.05) is 20.8 Å². The van der Waals surface area contributed by atoms with E-state index in [-0.39, 0.29) is 11.2 Å². The second kappa shape index (κ2) is 4.90. The molecule has 0 spiro atoms. The van der Waals surface area contributed by atoms with Crippen LogP contribution in [0.5, 0.6) is 5.75 Å². The van der Waals surface area contributed by atoms with E-state index in [0.717, 1.165) is 5.56 Å². The molecule has 0 saturated heterocycles. The van der Waals surface area contributed by atoms with Gasteiger partial charge in [0.15, 0.2) is 5.75 Å². The number of hydrogen-bond acceptors (Lipinski definition) is 4. The molecule has 0 radical (unpaired) electrons. The molecule has 20 heavy (non-hydrogen) atoms. The number of hydrogen-bond donors (Lipinski definition) is 0. The van der Waals surface area contributed by atoms with Gasteiger partial charge in [-0.15, -0.1) is 0 Å². The van der Waals surface area contributed by atoms with Crippen LogP contribution in [0.1, 0.15) is 26.3 Å². The van der Waals surface area contributed by atoms with E-state index in [1.54, 1.807) is 24.4 Å². The fraction of sp³-hybridized carbons (Fsp3) is 0.308. The molecule has 0 aliphatic heterocycles. The molecule has 2 rings (SSSR count). The third kappa shape index (κ3) is 3.36. The third-order valence-electron chi connectivity index (χ3n) is 2.77. The number of aromatic nitrogens is 2. The Morgan fingerprint density at radius 3 is 2.50 bits per heavy atom. The Morgan fingerprint density at radius 2 is 2.00 bits per heavy atom. The summed E-state index contributed by atoms with van der Waals surface area (Å²) in [6, 6.07) is 6.53. The zero-order valence-corrected chi connectivity index (χ0v) is 12.2. The van der Waals surface area contributed by atoms with Gasteiger partial charge in [-0.3, -0.25) is 0 Å². The van der Waals surface area contributed by atoms with Crippen LogP contribution < -0.4 is 4.18 Å². The van der Waals surface area contributed by atoms with Gasteiger partial charge in [0.05, 0.1) is 0 Å². The Morgan fingerprint density at radius 1 is 1.30 bits per heavy atom. The first-order chi connectivity index (χ1) is 9.17. The largest absolute Gasteiger partial charge is 0.488 e. The summed E-state index contributed by atoms with van der Waals surface area (Å²) >= 11 is 0. The molecular weight excluding hydrogens is 283 g/mol. The van der Waals surface area contributed by atoms with Crippen LogP contribution in [0.15, 0.2) is 36.7 Å². The van der Waals surface area contributed by atoms with E-state index in [1.165, 1.54) is 16.9 Å². The zero-order valence-electron chi connectivity index (χ0n) is 11.4. The molecule has 0 bridgehead atoms. The smallest absolute Gasteiger partial charge is 0.356 e. The Balaban J connectivity index is 2.58. The minimum Gasteiger partial charge on any atom is -0.356 e. The van der Waals surface area contributed by atoms with Gasteiger partial charge < -0.3 is 4.18 Å². The average molecular weight is 298 g/mol. The first-order valence-corrected chi connectivity index (χ1v) is 7.26. The van der Waals surface area contributed by atoms with Crippen LogP contribution in [0.4, 0.5) is 3.89 Å². The Hall–Kier alpha value is -1.89. The lowest BCUT2D eigenvalue weighted by Crippen LogP contribution is -2.13. The van der Waals surface area contributed by atoms with Crippen molar-refractivity contribution in [3.8, 4) is 11.4 Å². The SMILES string of the molecule is CC(C)(C)c1ccc(OS(=O)(=O)F)c(-n2cccn2)c1. The van der Waals surface area contributed by atoms with Crippen molar-refractivity contribution in [1.82, 2.24) is 9.78 Å². The van der Waals surface area contributed by atoms with Crippen LogP contribution in [0.25, 0.3) is 5.69 Å². The second-order valence-electron chi connectivity index (χ2n) is 5.36. The van der Waals surface area contributed by atoms with Gasteiger partial charge >= 0.3 is 10.5 Å². The molecule has 0 atom stereocenters. The topological polar surface area (TPSA) is 61.2 Å². The maximum atomic E-state index is 12.8. The molecule has 0 unspecified atom stereocenters. The third-order valence-corrected chi connectivity index (χ3v) is 3.14. The van der Waals surface area contributed by atoms with Gasteiger partial charge in [-0.05, 0) is 29.2 Å². The molecule has 1 heterocycles. The molecule has 5 nitrogen and oxygen atoms in total. The van der Waals surface area contributed by atoms with Crippen molar-refractivity contribution in [3.63, 3.8) is 0 Å². The summed E-state index contributed by atoms with van der Waals surface area (Å²) in [5.74, 6) is -0.107. The summed E-state index contributed by atoms with van der Waals surface area (Å²) in [5, 5.41) is 4.02. The van der Waals surface area contributed by atoms with E-state index in [0.29, 0.717) is 5.69 Å². The van der Waals surface area contributed by atoms with Gasteiger partial charge in [-0.2, -0.15) is 13.5 Å². The first-order valence-electron chi connectivity index (χ1n) is 5.95. The number of benzene rings is 1. The minimum absolute atomic E-state index is 0.107. The van der Waals surface area contributed by atoms with Crippen molar-refractivity contribution in [3.05, 3.63) is 42.2 Å². The number of rotatable bonds is 3. The fourth-order valence-corrected chi connectivity index (χ4v) is 2.11. The van der Waals surface area contributed by atoms with Gasteiger partial charge in [0, 0.05) is 12.4 Å². The quantitative estimate of drug-likeness (QED) is 0.817. The number of nitrogens with zero attached hydrogens (tertiary/aromatic N) is 2. The molecule has 1 aromatic heterocycles. The van der Waals surface area contributed by atoms with Crippen molar-refractivity contribution in [2.45, 2.75) is 26.2 Å². The Kier molecular flexibility index (Phi) is 3.56. The van der Waals surface area contributed by atoms with Gasteiger partial charge in [0.1, 0.15) is 5.69 Å². The van der Waals surface area contributed by atoms with Crippen LogP contribution in [0.3, 0.4) is 0 Å². The summed E-state index contributed by atoms with van der Waals surface area (Å²) in [5.41, 5.74) is 1.17. The van der Waals surface area contributed by atoms with Crippen LogP contribution in [-0.2, 0) is 15.9 Å². The molecule has 0 saturated carbocycles. The molecule has 0 aliphatic rings. The van der Waals surface area contributed by atoms with E-state index in [4.69, 9.17) is 0 Å². The summed E-state index contributed by atoms with van der Waals surface area (Å²) in [4.78, 5) is 0. The fourth-order valence-electron chi connectivity index (χ4n) is 1.75. The Labute approximate surface area is 117 Å². The highest BCUT2D eigenvalue weighted by molar-refractivity contribution is 7.81. The van der Waals surface area contributed by atoms with Gasteiger partial charge in [0.25, 0.3) is 0 Å². The van der Waals surface area contributed by atoms with Gasteiger partial charge in [-0.1, -0.05) is 30.7 Å². The van der Waals surface area contributed by atoms with Crippen LogP contribution >= 0.6 is 0 Å². The van der Waals surface area contributed by atoms with Crippen molar-refractivity contribution < 1.29 is 16.5 Å². The molecule has 0 amide bonds. The lowest BCUT2D eigenvalue weighted by atomic mass is 9.87. The van der Waals surface area contributed by atoms with E-state index in [2.05, 4.69) is 9.28 Å². The lowest BCUT2D eigenvalue weighted by Gasteiger charge is -2.20. The van der Waals surface area contributed by atoms with E-state index < -0.39 is 10.5 Å². The van der Waals surface area contributed by atoms with Gasteiger partial charge in [-0.25, -0.2) is 4.68 Å². The van der Waals surface area contributed by atoms with Gasteiger partial charge in [0.2, 0.25) is 0 Å². The van der Waals surface area contributed by atoms with E-state index in [9.17, 15) is 12.3 Å². The molecular formula is C13H15FN2O3S. The maximum absolute atomic E-state index is 12.8. The highest BCUT2D eigenvalue weighted by Gasteiger charge is 2.20. The lowest BCUT2D eigenvalue weighted by molar-refractivity contribution is 0.438. The van der Waals surface area contributed by atoms with Crippen LogP contribution in [0, 0.1) is 0 Å². The minimum atomic E-state index is -5.08. The molecule has 7 heteroatoms. The maximum Gasteiger partial charge on any atom is 0.488 e. The summed E-state index contributed by atoms with van der Waals surface area (Å²) < 4.78 is 39.9. The van der Waals surface area contributed by atoms with Crippen LogP contribution in [0.2, 0.25) is 0 Å². The van der Waals surface area contributed by atoms with Crippen LogP contribution in [-0.4, -0.2) is 18.2 Å². The number of halogens is 1. The second-order valence-corrected chi connectivity index (χ2v) is 6.31. The monoisotopic (exact) mass is 298 g/mol. The average Bonchev–Trinajstić information content (AvgIpc) is 2.79. The van der Waals surface area contributed by atoms with Crippen molar-refractivity contribution in [2.75, 3.05) is 0 Å². The standard InChI is InChI=1S/C13H15FN2O3S/c1-13(2,3)10-5-6-12(19-20(14,17)18)11(9-10)16-8-4-7-15-16/h4-9H,1-3H3. The highest BCUT2D eigenvalue weighted by Crippen LogP contribution is 2.31. The highest BCUT2D eigenvalue weighted by atomic mass is 32.3. The predicted octanol–water partition coefficient (Wildman–Crippen LogP) is 2.76. The van der Waals surface area contributed by atoms with Crippen molar-refractivity contribution >= 4 is 10.5 Å². The molecule has 1 aromatic carbocycles. The summed E-state index contributed by atoms with van der Waals surface area (Å²) in [6.45, 7) is 6.05. The van der Waals surface area contributed by atoms with Crippen molar-refractivity contribution in [1.29, 1.82) is 0 Å². The summed E-state index contributed by atoms with van der Waals surface area (Å²) in [7, 11) is -5.08.